The van der Waals surface area contributed by atoms with Gasteiger partial charge >= 0.3 is 0 Å². The summed E-state index contributed by atoms with van der Waals surface area (Å²) in [7, 11) is 1.63. The highest BCUT2D eigenvalue weighted by Crippen LogP contribution is 2.46. The van der Waals surface area contributed by atoms with E-state index in [0.29, 0.717) is 32.4 Å². The Morgan fingerprint density at radius 1 is 1.04 bits per heavy atom. The van der Waals surface area contributed by atoms with Gasteiger partial charge in [0.1, 0.15) is 11.2 Å². The zero-order chi connectivity index (χ0) is 19.3. The van der Waals surface area contributed by atoms with E-state index in [1.54, 1.807) is 7.11 Å². The summed E-state index contributed by atoms with van der Waals surface area (Å²) in [5, 5.41) is 5.85. The number of ether oxygens (including phenoxy) is 1. The van der Waals surface area contributed by atoms with Crippen LogP contribution in [0, 0.1) is 12.3 Å². The monoisotopic (exact) mass is 366 g/mol. The summed E-state index contributed by atoms with van der Waals surface area (Å²) in [6, 6.07) is 15.7. The molecule has 2 aromatic rings. The molecule has 1 fully saturated rings. The van der Waals surface area contributed by atoms with E-state index in [2.05, 4.69) is 10.6 Å². The number of carbonyl (C=O) groups is 2. The number of carbonyl (C=O) groups excluding carboxylic acids is 2. The van der Waals surface area contributed by atoms with Gasteiger partial charge in [-0.2, -0.15) is 0 Å². The highest BCUT2D eigenvalue weighted by Gasteiger charge is 2.56. The highest BCUT2D eigenvalue weighted by atomic mass is 16.5. The van der Waals surface area contributed by atoms with Gasteiger partial charge in [-0.25, -0.2) is 0 Å². The Morgan fingerprint density at radius 3 is 2.48 bits per heavy atom. The number of hydrogen-bond donors (Lipinski definition) is 2. The van der Waals surface area contributed by atoms with Crippen molar-refractivity contribution in [3.63, 3.8) is 0 Å². The fourth-order valence-corrected chi connectivity index (χ4v) is 3.15. The minimum absolute atomic E-state index is 0.173. The first-order valence-corrected chi connectivity index (χ1v) is 9.29. The van der Waals surface area contributed by atoms with Gasteiger partial charge in [0.2, 0.25) is 11.8 Å². The van der Waals surface area contributed by atoms with E-state index in [1.807, 2.05) is 55.5 Å². The standard InChI is InChI=1S/C22H26N2O3/c1-16-6-3-4-8-18(16)15-24-21(26)22(11-12-22)20(25)23-13-10-17-7-5-9-19(14-17)27-2/h3-9,14H,10-13,15H2,1-2H3,(H,23,25)(H,24,26). The van der Waals surface area contributed by atoms with Gasteiger partial charge in [-0.05, 0) is 55.0 Å². The maximum absolute atomic E-state index is 12.6. The second kappa shape index (κ2) is 8.25. The first kappa shape index (κ1) is 19.0. The lowest BCUT2D eigenvalue weighted by Crippen LogP contribution is -2.43. The predicted molar refractivity (Wildman–Crippen MR) is 104 cm³/mol. The molecule has 0 atom stereocenters. The second-order valence-electron chi connectivity index (χ2n) is 7.05. The van der Waals surface area contributed by atoms with Gasteiger partial charge < -0.3 is 15.4 Å². The van der Waals surface area contributed by atoms with Crippen molar-refractivity contribution in [1.82, 2.24) is 10.6 Å². The van der Waals surface area contributed by atoms with Gasteiger partial charge in [0.15, 0.2) is 0 Å². The summed E-state index contributed by atoms with van der Waals surface area (Å²) < 4.78 is 5.21. The predicted octanol–water partition coefficient (Wildman–Crippen LogP) is 2.76. The Labute approximate surface area is 160 Å². The van der Waals surface area contributed by atoms with E-state index < -0.39 is 5.41 Å². The number of nitrogens with one attached hydrogen (secondary N) is 2. The summed E-state index contributed by atoms with van der Waals surface area (Å²) in [4.78, 5) is 25.1. The number of benzene rings is 2. The molecule has 1 aliphatic carbocycles. The van der Waals surface area contributed by atoms with Gasteiger partial charge in [0, 0.05) is 13.1 Å². The van der Waals surface area contributed by atoms with Crippen molar-refractivity contribution in [2.45, 2.75) is 32.7 Å². The van der Waals surface area contributed by atoms with Crippen LogP contribution in [0.4, 0.5) is 0 Å². The Kier molecular flexibility index (Phi) is 5.79. The Bertz CT molecular complexity index is 828. The normalized spacial score (nSPS) is 14.3. The van der Waals surface area contributed by atoms with E-state index in [4.69, 9.17) is 4.74 Å². The number of methoxy groups -OCH3 is 1. The molecule has 5 heteroatoms. The van der Waals surface area contributed by atoms with Crippen LogP contribution in [0.15, 0.2) is 48.5 Å². The molecule has 0 heterocycles. The molecular formula is C22H26N2O3. The number of amides is 2. The molecule has 0 radical (unpaired) electrons. The van der Waals surface area contributed by atoms with E-state index in [-0.39, 0.29) is 11.8 Å². The molecule has 5 nitrogen and oxygen atoms in total. The highest BCUT2D eigenvalue weighted by molar-refractivity contribution is 6.07. The quantitative estimate of drug-likeness (QED) is 0.706. The van der Waals surface area contributed by atoms with Crippen LogP contribution >= 0.6 is 0 Å². The first-order chi connectivity index (χ1) is 13.0. The zero-order valence-corrected chi connectivity index (χ0v) is 15.9. The third-order valence-electron chi connectivity index (χ3n) is 5.15. The maximum Gasteiger partial charge on any atom is 0.235 e. The molecule has 142 valence electrons. The van der Waals surface area contributed by atoms with Crippen LogP contribution in [0.5, 0.6) is 5.75 Å². The van der Waals surface area contributed by atoms with Crippen LogP contribution in [0.2, 0.25) is 0 Å². The summed E-state index contributed by atoms with van der Waals surface area (Å²) >= 11 is 0. The second-order valence-corrected chi connectivity index (χ2v) is 7.05. The summed E-state index contributed by atoms with van der Waals surface area (Å²) in [6.07, 6.45) is 1.92. The average Bonchev–Trinajstić information content (AvgIpc) is 3.49. The molecule has 0 bridgehead atoms. The molecule has 3 rings (SSSR count). The molecule has 1 saturated carbocycles. The van der Waals surface area contributed by atoms with E-state index in [0.717, 1.165) is 22.4 Å². The molecule has 2 aromatic carbocycles. The molecule has 0 aromatic heterocycles. The Balaban J connectivity index is 1.50. The van der Waals surface area contributed by atoms with Crippen LogP contribution in [0.3, 0.4) is 0 Å². The van der Waals surface area contributed by atoms with Crippen molar-refractivity contribution in [2.75, 3.05) is 13.7 Å². The summed E-state index contributed by atoms with van der Waals surface area (Å²) in [5.41, 5.74) is 2.39. The van der Waals surface area contributed by atoms with Crippen molar-refractivity contribution in [3.8, 4) is 5.75 Å². The fourth-order valence-electron chi connectivity index (χ4n) is 3.15. The van der Waals surface area contributed by atoms with E-state index >= 15 is 0 Å². The lowest BCUT2D eigenvalue weighted by molar-refractivity contribution is -0.137. The smallest absolute Gasteiger partial charge is 0.235 e. The third kappa shape index (κ3) is 4.48. The Hall–Kier alpha value is -2.82. The topological polar surface area (TPSA) is 67.4 Å². The lowest BCUT2D eigenvalue weighted by atomic mass is 10.0. The minimum atomic E-state index is -0.892. The third-order valence-corrected chi connectivity index (χ3v) is 5.15. The Morgan fingerprint density at radius 2 is 1.78 bits per heavy atom. The molecule has 27 heavy (non-hydrogen) atoms. The van der Waals surface area contributed by atoms with Crippen LogP contribution in [0.1, 0.15) is 29.5 Å². The SMILES string of the molecule is COc1cccc(CCNC(=O)C2(C(=O)NCc3ccccc3C)CC2)c1. The van der Waals surface area contributed by atoms with E-state index in [9.17, 15) is 9.59 Å². The van der Waals surface area contributed by atoms with Gasteiger partial charge in [-0.1, -0.05) is 36.4 Å². The molecule has 0 saturated heterocycles. The van der Waals surface area contributed by atoms with Crippen molar-refractivity contribution in [3.05, 3.63) is 65.2 Å². The summed E-state index contributed by atoms with van der Waals surface area (Å²) in [6.45, 7) is 2.96. The van der Waals surface area contributed by atoms with Crippen LogP contribution < -0.4 is 15.4 Å². The lowest BCUT2D eigenvalue weighted by Gasteiger charge is -2.16. The maximum atomic E-state index is 12.6. The van der Waals surface area contributed by atoms with Gasteiger partial charge in [0.25, 0.3) is 0 Å². The van der Waals surface area contributed by atoms with E-state index in [1.165, 1.54) is 0 Å². The molecule has 0 spiro atoms. The van der Waals surface area contributed by atoms with Crippen molar-refractivity contribution in [1.29, 1.82) is 0 Å². The molecular weight excluding hydrogens is 340 g/mol. The number of rotatable bonds is 8. The first-order valence-electron chi connectivity index (χ1n) is 9.29. The molecule has 0 aliphatic heterocycles. The molecule has 1 aliphatic rings. The fraction of sp³-hybridized carbons (Fsp3) is 0.364. The van der Waals surface area contributed by atoms with Gasteiger partial charge in [0.05, 0.1) is 7.11 Å². The van der Waals surface area contributed by atoms with Crippen molar-refractivity contribution >= 4 is 11.8 Å². The van der Waals surface area contributed by atoms with Crippen LogP contribution in [0.25, 0.3) is 0 Å². The molecule has 0 unspecified atom stereocenters. The van der Waals surface area contributed by atoms with Crippen molar-refractivity contribution < 1.29 is 14.3 Å². The number of hydrogen-bond acceptors (Lipinski definition) is 3. The average molecular weight is 366 g/mol. The summed E-state index contributed by atoms with van der Waals surface area (Å²) in [5.74, 6) is 0.449. The van der Waals surface area contributed by atoms with Crippen LogP contribution in [-0.2, 0) is 22.6 Å². The number of aryl methyl sites for hydroxylation is 1. The van der Waals surface area contributed by atoms with Crippen LogP contribution in [-0.4, -0.2) is 25.5 Å². The molecule has 2 amide bonds. The largest absolute Gasteiger partial charge is 0.497 e. The zero-order valence-electron chi connectivity index (χ0n) is 15.9. The van der Waals surface area contributed by atoms with Gasteiger partial charge in [-0.15, -0.1) is 0 Å². The van der Waals surface area contributed by atoms with Gasteiger partial charge in [-0.3, -0.25) is 9.59 Å². The van der Waals surface area contributed by atoms with Crippen molar-refractivity contribution in [2.24, 2.45) is 5.41 Å². The minimum Gasteiger partial charge on any atom is -0.497 e. The molecule has 2 N–H and O–H groups in total.